The molecular formula is C26H20N2O. The molecule has 0 saturated carbocycles. The largest absolute Gasteiger partial charge is 0.340 e. The molecule has 0 fully saturated rings. The molecular weight excluding hydrogens is 356 g/mol. The Morgan fingerprint density at radius 1 is 0.414 bits per heavy atom. The van der Waals surface area contributed by atoms with Crippen LogP contribution in [0.3, 0.4) is 0 Å². The maximum atomic E-state index is 6.28. The summed E-state index contributed by atoms with van der Waals surface area (Å²) < 4.78 is 10.8. The molecule has 2 aromatic heterocycles. The lowest BCUT2D eigenvalue weighted by molar-refractivity contribution is 0.0363. The SMILES string of the molecule is c1ccc2c(c1)c1ccccc1n2COCn1c2ccccc2c2ccccc21. The molecule has 29 heavy (non-hydrogen) atoms. The number of hydrogen-bond donors (Lipinski definition) is 0. The second-order valence-electron chi connectivity index (χ2n) is 7.39. The number of nitrogens with zero attached hydrogens (tertiary/aromatic N) is 2. The van der Waals surface area contributed by atoms with Gasteiger partial charge in [0, 0.05) is 21.5 Å². The molecule has 0 bridgehead atoms. The van der Waals surface area contributed by atoms with Gasteiger partial charge < -0.3 is 13.9 Å². The minimum Gasteiger partial charge on any atom is -0.340 e. The summed E-state index contributed by atoms with van der Waals surface area (Å²) in [6.45, 7) is 1.02. The average molecular weight is 376 g/mol. The van der Waals surface area contributed by atoms with E-state index >= 15 is 0 Å². The van der Waals surface area contributed by atoms with E-state index in [2.05, 4.69) is 106 Å². The highest BCUT2D eigenvalue weighted by atomic mass is 16.5. The van der Waals surface area contributed by atoms with Crippen LogP contribution in [0.2, 0.25) is 0 Å². The maximum Gasteiger partial charge on any atom is 0.125 e. The molecule has 2 heterocycles. The molecule has 0 unspecified atom stereocenters. The van der Waals surface area contributed by atoms with Crippen molar-refractivity contribution in [2.45, 2.75) is 13.5 Å². The third kappa shape index (κ3) is 2.48. The summed E-state index contributed by atoms with van der Waals surface area (Å²) in [5, 5.41) is 5.07. The van der Waals surface area contributed by atoms with Crippen molar-refractivity contribution < 1.29 is 4.74 Å². The van der Waals surface area contributed by atoms with Crippen molar-refractivity contribution in [2.75, 3.05) is 0 Å². The second kappa shape index (κ2) is 6.50. The average Bonchev–Trinajstić information content (AvgIpc) is 3.28. The van der Waals surface area contributed by atoms with E-state index in [1.54, 1.807) is 0 Å². The Balaban J connectivity index is 1.40. The van der Waals surface area contributed by atoms with Gasteiger partial charge in [0.1, 0.15) is 13.5 Å². The summed E-state index contributed by atoms with van der Waals surface area (Å²) in [7, 11) is 0. The molecule has 0 aliphatic rings. The van der Waals surface area contributed by atoms with Crippen LogP contribution in [0.15, 0.2) is 97.1 Å². The highest BCUT2D eigenvalue weighted by Gasteiger charge is 2.12. The molecule has 0 N–H and O–H groups in total. The van der Waals surface area contributed by atoms with Gasteiger partial charge in [-0.2, -0.15) is 0 Å². The summed E-state index contributed by atoms with van der Waals surface area (Å²) in [4.78, 5) is 0. The summed E-state index contributed by atoms with van der Waals surface area (Å²) in [6.07, 6.45) is 0. The third-order valence-corrected chi connectivity index (χ3v) is 5.80. The monoisotopic (exact) mass is 376 g/mol. The lowest BCUT2D eigenvalue weighted by atomic mass is 10.2. The first-order chi connectivity index (χ1) is 14.4. The van der Waals surface area contributed by atoms with Crippen LogP contribution < -0.4 is 0 Å². The highest BCUT2D eigenvalue weighted by Crippen LogP contribution is 2.30. The Morgan fingerprint density at radius 3 is 1.00 bits per heavy atom. The van der Waals surface area contributed by atoms with E-state index in [4.69, 9.17) is 4.74 Å². The van der Waals surface area contributed by atoms with Crippen LogP contribution >= 0.6 is 0 Å². The van der Waals surface area contributed by atoms with Crippen molar-refractivity contribution in [2.24, 2.45) is 0 Å². The molecule has 0 aliphatic carbocycles. The molecule has 0 aliphatic heterocycles. The molecule has 6 rings (SSSR count). The molecule has 0 saturated heterocycles. The Bertz CT molecular complexity index is 1270. The predicted molar refractivity (Wildman–Crippen MR) is 120 cm³/mol. The van der Waals surface area contributed by atoms with E-state index in [-0.39, 0.29) is 0 Å². The van der Waals surface area contributed by atoms with Gasteiger partial charge in [0.05, 0.1) is 22.1 Å². The lowest BCUT2D eigenvalue weighted by Crippen LogP contribution is -2.07. The number of hydrogen-bond acceptors (Lipinski definition) is 1. The molecule has 0 atom stereocenters. The van der Waals surface area contributed by atoms with Gasteiger partial charge >= 0.3 is 0 Å². The van der Waals surface area contributed by atoms with Crippen LogP contribution in [-0.2, 0) is 18.2 Å². The van der Waals surface area contributed by atoms with Gasteiger partial charge in [0.2, 0.25) is 0 Å². The molecule has 0 spiro atoms. The van der Waals surface area contributed by atoms with Crippen molar-refractivity contribution in [3.8, 4) is 0 Å². The number of benzene rings is 4. The highest BCUT2D eigenvalue weighted by molar-refractivity contribution is 6.08. The summed E-state index contributed by atoms with van der Waals surface area (Å²) in [5.74, 6) is 0. The first-order valence-electron chi connectivity index (χ1n) is 9.91. The van der Waals surface area contributed by atoms with Crippen LogP contribution in [-0.4, -0.2) is 9.13 Å². The first kappa shape index (κ1) is 16.4. The Labute approximate surface area is 168 Å². The molecule has 3 heteroatoms. The van der Waals surface area contributed by atoms with Gasteiger partial charge in [-0.1, -0.05) is 72.8 Å². The van der Waals surface area contributed by atoms with E-state index in [9.17, 15) is 0 Å². The zero-order valence-corrected chi connectivity index (χ0v) is 16.0. The normalized spacial score (nSPS) is 11.9. The van der Waals surface area contributed by atoms with Crippen molar-refractivity contribution in [1.82, 2.24) is 9.13 Å². The lowest BCUT2D eigenvalue weighted by Gasteiger charge is -2.11. The fraction of sp³-hybridized carbons (Fsp3) is 0.0769. The number of para-hydroxylation sites is 4. The van der Waals surface area contributed by atoms with Gasteiger partial charge in [-0.15, -0.1) is 0 Å². The Hall–Kier alpha value is -3.56. The van der Waals surface area contributed by atoms with Gasteiger partial charge in [-0.3, -0.25) is 0 Å². The summed E-state index contributed by atoms with van der Waals surface area (Å²) in [6, 6.07) is 34.1. The minimum absolute atomic E-state index is 0.509. The topological polar surface area (TPSA) is 19.1 Å². The molecule has 6 aromatic rings. The van der Waals surface area contributed by atoms with E-state index < -0.39 is 0 Å². The fourth-order valence-corrected chi connectivity index (χ4v) is 4.51. The van der Waals surface area contributed by atoms with E-state index in [0.29, 0.717) is 13.5 Å². The van der Waals surface area contributed by atoms with Gasteiger partial charge in [-0.25, -0.2) is 0 Å². The van der Waals surface area contributed by atoms with Crippen LogP contribution in [0.5, 0.6) is 0 Å². The van der Waals surface area contributed by atoms with Crippen molar-refractivity contribution >= 4 is 43.6 Å². The minimum atomic E-state index is 0.509. The van der Waals surface area contributed by atoms with Crippen LogP contribution in [0.4, 0.5) is 0 Å². The van der Waals surface area contributed by atoms with Crippen LogP contribution in [0, 0.1) is 0 Å². The molecule has 3 nitrogen and oxygen atoms in total. The predicted octanol–water partition coefficient (Wildman–Crippen LogP) is 6.53. The molecule has 4 aromatic carbocycles. The number of ether oxygens (including phenoxy) is 1. The zero-order chi connectivity index (χ0) is 19.2. The number of fused-ring (bicyclic) bond motifs is 6. The molecule has 0 amide bonds. The zero-order valence-electron chi connectivity index (χ0n) is 16.0. The number of rotatable bonds is 4. The Kier molecular flexibility index (Phi) is 3.68. The van der Waals surface area contributed by atoms with Crippen molar-refractivity contribution in [3.63, 3.8) is 0 Å². The van der Waals surface area contributed by atoms with Crippen molar-refractivity contribution in [1.29, 1.82) is 0 Å². The maximum absolute atomic E-state index is 6.28. The third-order valence-electron chi connectivity index (χ3n) is 5.80. The number of aromatic nitrogens is 2. The summed E-state index contributed by atoms with van der Waals surface area (Å²) >= 11 is 0. The molecule has 140 valence electrons. The fourth-order valence-electron chi connectivity index (χ4n) is 4.51. The van der Waals surface area contributed by atoms with Crippen LogP contribution in [0.25, 0.3) is 43.6 Å². The smallest absolute Gasteiger partial charge is 0.125 e. The van der Waals surface area contributed by atoms with E-state index in [1.165, 1.54) is 43.6 Å². The van der Waals surface area contributed by atoms with Gasteiger partial charge in [0.25, 0.3) is 0 Å². The van der Waals surface area contributed by atoms with Crippen LogP contribution in [0.1, 0.15) is 0 Å². The van der Waals surface area contributed by atoms with Crippen molar-refractivity contribution in [3.05, 3.63) is 97.1 Å². The first-order valence-corrected chi connectivity index (χ1v) is 9.91. The van der Waals surface area contributed by atoms with E-state index in [1.807, 2.05) is 0 Å². The van der Waals surface area contributed by atoms with E-state index in [0.717, 1.165) is 0 Å². The second-order valence-corrected chi connectivity index (χ2v) is 7.39. The Morgan fingerprint density at radius 2 is 0.690 bits per heavy atom. The van der Waals surface area contributed by atoms with Gasteiger partial charge in [-0.05, 0) is 24.3 Å². The quantitative estimate of drug-likeness (QED) is 0.342. The standard InChI is InChI=1S/C26H20N2O/c1-5-13-23-19(9-1)20-10-2-6-14-24(20)27(23)17-29-18-28-25-15-7-3-11-21(25)22-12-4-8-16-26(22)28/h1-16H,17-18H2. The summed E-state index contributed by atoms with van der Waals surface area (Å²) in [5.41, 5.74) is 4.82. The van der Waals surface area contributed by atoms with Gasteiger partial charge in [0.15, 0.2) is 0 Å². The molecule has 0 radical (unpaired) electrons.